The van der Waals surface area contributed by atoms with Gasteiger partial charge in [-0.25, -0.2) is 4.79 Å². The van der Waals surface area contributed by atoms with E-state index in [0.29, 0.717) is 13.2 Å². The molecule has 0 unspecified atom stereocenters. The van der Waals surface area contributed by atoms with Crippen LogP contribution < -0.4 is 0 Å². The molecular weight excluding hydrogens is 208 g/mol. The molecular formula is C12H24O4. The van der Waals surface area contributed by atoms with Gasteiger partial charge in [0.05, 0.1) is 18.8 Å². The maximum Gasteiger partial charge on any atom is 0.332 e. The SMILES string of the molecule is CCCCOC(=O)COCCC(C)(C)OC. The largest absolute Gasteiger partial charge is 0.464 e. The number of unbranched alkanes of at least 4 members (excludes halogenated alkanes) is 1. The van der Waals surface area contributed by atoms with Crippen molar-refractivity contribution < 1.29 is 19.0 Å². The topological polar surface area (TPSA) is 44.8 Å². The molecule has 0 atom stereocenters. The summed E-state index contributed by atoms with van der Waals surface area (Å²) in [6.07, 6.45) is 2.68. The Kier molecular flexibility index (Phi) is 8.21. The summed E-state index contributed by atoms with van der Waals surface area (Å²) in [4.78, 5) is 11.1. The van der Waals surface area contributed by atoms with Crippen molar-refractivity contribution in [1.29, 1.82) is 0 Å². The highest BCUT2D eigenvalue weighted by Crippen LogP contribution is 2.12. The molecule has 0 bridgehead atoms. The van der Waals surface area contributed by atoms with E-state index >= 15 is 0 Å². The predicted molar refractivity (Wildman–Crippen MR) is 62.4 cm³/mol. The Morgan fingerprint density at radius 3 is 2.50 bits per heavy atom. The Balaban J connectivity index is 3.41. The van der Waals surface area contributed by atoms with Crippen molar-refractivity contribution in [3.63, 3.8) is 0 Å². The Labute approximate surface area is 98.3 Å². The molecule has 0 aliphatic heterocycles. The standard InChI is InChI=1S/C12H24O4/c1-5-6-8-16-11(13)10-15-9-7-12(2,3)14-4/h5-10H2,1-4H3. The molecule has 0 heterocycles. The van der Waals surface area contributed by atoms with Crippen LogP contribution in [0.3, 0.4) is 0 Å². The number of esters is 1. The lowest BCUT2D eigenvalue weighted by Gasteiger charge is -2.22. The normalized spacial score (nSPS) is 11.5. The van der Waals surface area contributed by atoms with Gasteiger partial charge < -0.3 is 14.2 Å². The highest BCUT2D eigenvalue weighted by molar-refractivity contribution is 5.70. The summed E-state index contributed by atoms with van der Waals surface area (Å²) in [5, 5.41) is 0. The first-order valence-electron chi connectivity index (χ1n) is 5.80. The van der Waals surface area contributed by atoms with Gasteiger partial charge in [0.15, 0.2) is 0 Å². The summed E-state index contributed by atoms with van der Waals surface area (Å²) >= 11 is 0. The van der Waals surface area contributed by atoms with E-state index in [9.17, 15) is 4.79 Å². The van der Waals surface area contributed by atoms with Gasteiger partial charge in [-0.15, -0.1) is 0 Å². The van der Waals surface area contributed by atoms with Crippen molar-refractivity contribution in [2.45, 2.75) is 45.6 Å². The number of rotatable bonds is 9. The predicted octanol–water partition coefficient (Wildman–Crippen LogP) is 2.16. The van der Waals surface area contributed by atoms with Gasteiger partial charge in [0.1, 0.15) is 6.61 Å². The van der Waals surface area contributed by atoms with Gasteiger partial charge in [0.2, 0.25) is 0 Å². The van der Waals surface area contributed by atoms with Crippen molar-refractivity contribution in [3.8, 4) is 0 Å². The molecule has 0 N–H and O–H groups in total. The van der Waals surface area contributed by atoms with Crippen LogP contribution in [-0.2, 0) is 19.0 Å². The van der Waals surface area contributed by atoms with Gasteiger partial charge in [-0.05, 0) is 26.7 Å². The van der Waals surface area contributed by atoms with Crippen LogP contribution in [0.25, 0.3) is 0 Å². The lowest BCUT2D eigenvalue weighted by Crippen LogP contribution is -2.25. The minimum Gasteiger partial charge on any atom is -0.464 e. The smallest absolute Gasteiger partial charge is 0.332 e. The fourth-order valence-corrected chi connectivity index (χ4v) is 0.948. The van der Waals surface area contributed by atoms with E-state index in [-0.39, 0.29) is 18.2 Å². The second-order valence-electron chi connectivity index (χ2n) is 4.34. The maximum atomic E-state index is 11.1. The van der Waals surface area contributed by atoms with Gasteiger partial charge in [0.25, 0.3) is 0 Å². The van der Waals surface area contributed by atoms with Gasteiger partial charge in [0, 0.05) is 7.11 Å². The molecule has 0 amide bonds. The minimum atomic E-state index is -0.288. The summed E-state index contributed by atoms with van der Waals surface area (Å²) in [6.45, 7) is 7.04. The van der Waals surface area contributed by atoms with Crippen molar-refractivity contribution in [3.05, 3.63) is 0 Å². The highest BCUT2D eigenvalue weighted by atomic mass is 16.6. The van der Waals surface area contributed by atoms with Crippen LogP contribution in [0.15, 0.2) is 0 Å². The van der Waals surface area contributed by atoms with Crippen molar-refractivity contribution in [1.82, 2.24) is 0 Å². The molecule has 0 saturated heterocycles. The Morgan fingerprint density at radius 2 is 1.94 bits per heavy atom. The second-order valence-corrected chi connectivity index (χ2v) is 4.34. The van der Waals surface area contributed by atoms with Crippen LogP contribution in [0, 0.1) is 0 Å². The first-order chi connectivity index (χ1) is 7.52. The van der Waals surface area contributed by atoms with E-state index in [4.69, 9.17) is 14.2 Å². The Morgan fingerprint density at radius 1 is 1.25 bits per heavy atom. The monoisotopic (exact) mass is 232 g/mol. The van der Waals surface area contributed by atoms with Gasteiger partial charge in [-0.3, -0.25) is 0 Å². The van der Waals surface area contributed by atoms with Crippen LogP contribution >= 0.6 is 0 Å². The van der Waals surface area contributed by atoms with E-state index < -0.39 is 0 Å². The zero-order valence-electron chi connectivity index (χ0n) is 10.9. The van der Waals surface area contributed by atoms with Crippen LogP contribution in [0.5, 0.6) is 0 Å². The van der Waals surface area contributed by atoms with E-state index in [2.05, 4.69) is 6.92 Å². The molecule has 0 aromatic rings. The quantitative estimate of drug-likeness (QED) is 0.451. The van der Waals surface area contributed by atoms with Crippen LogP contribution in [0.4, 0.5) is 0 Å². The van der Waals surface area contributed by atoms with E-state index in [1.165, 1.54) is 0 Å². The maximum absolute atomic E-state index is 11.1. The molecule has 16 heavy (non-hydrogen) atoms. The number of carbonyl (C=O) groups excluding carboxylic acids is 1. The lowest BCUT2D eigenvalue weighted by molar-refractivity contribution is -0.149. The third-order valence-electron chi connectivity index (χ3n) is 2.38. The van der Waals surface area contributed by atoms with Crippen molar-refractivity contribution >= 4 is 5.97 Å². The number of carbonyl (C=O) groups is 1. The summed E-state index contributed by atoms with van der Waals surface area (Å²) in [6, 6.07) is 0. The number of hydrogen-bond acceptors (Lipinski definition) is 4. The molecule has 0 fully saturated rings. The molecule has 0 aromatic carbocycles. The molecule has 0 rings (SSSR count). The van der Waals surface area contributed by atoms with E-state index in [1.807, 2.05) is 13.8 Å². The molecule has 0 radical (unpaired) electrons. The molecule has 4 heteroatoms. The summed E-state index contributed by atoms with van der Waals surface area (Å²) in [5.74, 6) is -0.288. The van der Waals surface area contributed by atoms with Crippen LogP contribution in [-0.4, -0.2) is 38.5 Å². The molecule has 4 nitrogen and oxygen atoms in total. The summed E-state index contributed by atoms with van der Waals surface area (Å²) in [7, 11) is 1.67. The molecule has 0 aliphatic rings. The van der Waals surface area contributed by atoms with Crippen molar-refractivity contribution in [2.24, 2.45) is 0 Å². The average molecular weight is 232 g/mol. The third-order valence-corrected chi connectivity index (χ3v) is 2.38. The number of methoxy groups -OCH3 is 1. The van der Waals surface area contributed by atoms with Crippen LogP contribution in [0.1, 0.15) is 40.0 Å². The van der Waals surface area contributed by atoms with Gasteiger partial charge in [-0.2, -0.15) is 0 Å². The first-order valence-corrected chi connectivity index (χ1v) is 5.80. The highest BCUT2D eigenvalue weighted by Gasteiger charge is 2.15. The van der Waals surface area contributed by atoms with Crippen LogP contribution in [0.2, 0.25) is 0 Å². The van der Waals surface area contributed by atoms with Gasteiger partial charge in [-0.1, -0.05) is 13.3 Å². The van der Waals surface area contributed by atoms with E-state index in [1.54, 1.807) is 7.11 Å². The lowest BCUT2D eigenvalue weighted by atomic mass is 10.1. The van der Waals surface area contributed by atoms with E-state index in [0.717, 1.165) is 19.3 Å². The Hall–Kier alpha value is -0.610. The summed E-state index contributed by atoms with van der Waals surface area (Å²) in [5.41, 5.74) is -0.202. The second kappa shape index (κ2) is 8.53. The zero-order chi connectivity index (χ0) is 12.4. The Bertz CT molecular complexity index is 189. The molecule has 96 valence electrons. The van der Waals surface area contributed by atoms with Gasteiger partial charge >= 0.3 is 5.97 Å². The molecule has 0 aliphatic carbocycles. The zero-order valence-corrected chi connectivity index (χ0v) is 10.9. The number of ether oxygens (including phenoxy) is 3. The average Bonchev–Trinajstić information content (AvgIpc) is 2.25. The fourth-order valence-electron chi connectivity index (χ4n) is 0.948. The minimum absolute atomic E-state index is 0.0313. The first kappa shape index (κ1) is 15.4. The molecule has 0 aromatic heterocycles. The molecule has 0 saturated carbocycles. The number of hydrogen-bond donors (Lipinski definition) is 0. The fraction of sp³-hybridized carbons (Fsp3) is 0.917. The van der Waals surface area contributed by atoms with Crippen molar-refractivity contribution in [2.75, 3.05) is 26.9 Å². The third kappa shape index (κ3) is 8.68. The molecule has 0 spiro atoms. The summed E-state index contributed by atoms with van der Waals surface area (Å²) < 4.78 is 15.4.